The van der Waals surface area contributed by atoms with Crippen LogP contribution in [0.5, 0.6) is 5.75 Å². The summed E-state index contributed by atoms with van der Waals surface area (Å²) in [5.74, 6) is 0.353. The van der Waals surface area contributed by atoms with Gasteiger partial charge >= 0.3 is 0 Å². The third-order valence-electron chi connectivity index (χ3n) is 3.11. The van der Waals surface area contributed by atoms with Gasteiger partial charge in [0.15, 0.2) is 0 Å². The summed E-state index contributed by atoms with van der Waals surface area (Å²) in [7, 11) is 1.63. The number of nitrogens with two attached hydrogens (primary N) is 1. The van der Waals surface area contributed by atoms with Crippen molar-refractivity contribution in [3.05, 3.63) is 59.2 Å². The SMILES string of the molecule is COc1ccc(C)cc1NCc1ccccc1C(N)=O. The third-order valence-corrected chi connectivity index (χ3v) is 3.11. The highest BCUT2D eigenvalue weighted by Crippen LogP contribution is 2.26. The molecule has 104 valence electrons. The number of amides is 1. The normalized spacial score (nSPS) is 10.1. The molecule has 0 atom stereocenters. The minimum Gasteiger partial charge on any atom is -0.495 e. The van der Waals surface area contributed by atoms with Crippen LogP contribution in [0.1, 0.15) is 21.5 Å². The molecule has 2 aromatic rings. The smallest absolute Gasteiger partial charge is 0.249 e. The van der Waals surface area contributed by atoms with Crippen LogP contribution >= 0.6 is 0 Å². The first-order valence-corrected chi connectivity index (χ1v) is 6.38. The highest BCUT2D eigenvalue weighted by atomic mass is 16.5. The molecule has 0 heterocycles. The lowest BCUT2D eigenvalue weighted by Gasteiger charge is -2.13. The Morgan fingerprint density at radius 3 is 2.70 bits per heavy atom. The number of aryl methyl sites for hydroxylation is 1. The largest absolute Gasteiger partial charge is 0.495 e. The molecule has 20 heavy (non-hydrogen) atoms. The summed E-state index contributed by atoms with van der Waals surface area (Å²) >= 11 is 0. The van der Waals surface area contributed by atoms with Gasteiger partial charge in [-0.3, -0.25) is 4.79 Å². The van der Waals surface area contributed by atoms with E-state index in [1.807, 2.05) is 37.3 Å². The van der Waals surface area contributed by atoms with Crippen molar-refractivity contribution in [1.29, 1.82) is 0 Å². The van der Waals surface area contributed by atoms with Crippen LogP contribution in [0.3, 0.4) is 0 Å². The van der Waals surface area contributed by atoms with Crippen molar-refractivity contribution in [2.45, 2.75) is 13.5 Å². The van der Waals surface area contributed by atoms with Gasteiger partial charge in [-0.1, -0.05) is 24.3 Å². The summed E-state index contributed by atoms with van der Waals surface area (Å²) in [6.45, 7) is 2.53. The van der Waals surface area contributed by atoms with E-state index in [1.54, 1.807) is 19.2 Å². The fraction of sp³-hybridized carbons (Fsp3) is 0.188. The molecule has 0 saturated carbocycles. The number of carbonyl (C=O) groups is 1. The van der Waals surface area contributed by atoms with Crippen LogP contribution in [0.2, 0.25) is 0 Å². The number of methoxy groups -OCH3 is 1. The average Bonchev–Trinajstić information content (AvgIpc) is 2.45. The maximum absolute atomic E-state index is 11.4. The van der Waals surface area contributed by atoms with Crippen LogP contribution in [0.15, 0.2) is 42.5 Å². The molecule has 2 aromatic carbocycles. The number of benzene rings is 2. The molecule has 0 aliphatic carbocycles. The van der Waals surface area contributed by atoms with Crippen molar-refractivity contribution in [2.24, 2.45) is 5.73 Å². The number of anilines is 1. The van der Waals surface area contributed by atoms with Crippen molar-refractivity contribution in [2.75, 3.05) is 12.4 Å². The monoisotopic (exact) mass is 270 g/mol. The topological polar surface area (TPSA) is 64.3 Å². The minimum atomic E-state index is -0.418. The van der Waals surface area contributed by atoms with E-state index in [0.717, 1.165) is 22.6 Å². The number of carbonyl (C=O) groups excluding carboxylic acids is 1. The molecule has 0 bridgehead atoms. The third kappa shape index (κ3) is 3.09. The number of rotatable bonds is 5. The molecule has 0 saturated heterocycles. The first kappa shape index (κ1) is 13.9. The van der Waals surface area contributed by atoms with Gasteiger partial charge in [-0.25, -0.2) is 0 Å². The van der Waals surface area contributed by atoms with E-state index in [4.69, 9.17) is 10.5 Å². The Morgan fingerprint density at radius 2 is 2.00 bits per heavy atom. The highest BCUT2D eigenvalue weighted by molar-refractivity contribution is 5.94. The fourth-order valence-electron chi connectivity index (χ4n) is 2.07. The van der Waals surface area contributed by atoms with Gasteiger partial charge in [-0.05, 0) is 36.2 Å². The van der Waals surface area contributed by atoms with E-state index in [9.17, 15) is 4.79 Å². The van der Waals surface area contributed by atoms with Gasteiger partial charge in [0.25, 0.3) is 0 Å². The van der Waals surface area contributed by atoms with E-state index >= 15 is 0 Å². The molecule has 3 N–H and O–H groups in total. The second-order valence-corrected chi connectivity index (χ2v) is 4.58. The lowest BCUT2D eigenvalue weighted by atomic mass is 10.1. The van der Waals surface area contributed by atoms with Gasteiger partial charge in [0.05, 0.1) is 12.8 Å². The van der Waals surface area contributed by atoms with E-state index < -0.39 is 5.91 Å². The predicted molar refractivity (Wildman–Crippen MR) is 80.0 cm³/mol. The Balaban J connectivity index is 2.21. The number of primary amides is 1. The molecule has 0 radical (unpaired) electrons. The van der Waals surface area contributed by atoms with Crippen LogP contribution in [-0.2, 0) is 6.54 Å². The summed E-state index contributed by atoms with van der Waals surface area (Å²) in [4.78, 5) is 11.4. The Morgan fingerprint density at radius 1 is 1.25 bits per heavy atom. The van der Waals surface area contributed by atoms with Crippen molar-refractivity contribution in [3.63, 3.8) is 0 Å². The summed E-state index contributed by atoms with van der Waals surface area (Å²) in [5, 5.41) is 3.28. The van der Waals surface area contributed by atoms with Gasteiger partial charge in [-0.15, -0.1) is 0 Å². The summed E-state index contributed by atoms with van der Waals surface area (Å²) in [5.41, 5.74) is 8.80. The van der Waals surface area contributed by atoms with Crippen molar-refractivity contribution in [3.8, 4) is 5.75 Å². The molecule has 0 aliphatic heterocycles. The van der Waals surface area contributed by atoms with Crippen LogP contribution in [0.25, 0.3) is 0 Å². The first-order valence-electron chi connectivity index (χ1n) is 6.38. The van der Waals surface area contributed by atoms with Crippen LogP contribution in [-0.4, -0.2) is 13.0 Å². The van der Waals surface area contributed by atoms with Crippen LogP contribution < -0.4 is 15.8 Å². The molecule has 0 unspecified atom stereocenters. The molecule has 0 fully saturated rings. The maximum atomic E-state index is 11.4. The van der Waals surface area contributed by atoms with Gasteiger partial charge in [-0.2, -0.15) is 0 Å². The fourth-order valence-corrected chi connectivity index (χ4v) is 2.07. The molecule has 4 nitrogen and oxygen atoms in total. The molecule has 0 aliphatic rings. The molecule has 4 heteroatoms. The average molecular weight is 270 g/mol. The first-order chi connectivity index (χ1) is 9.61. The summed E-state index contributed by atoms with van der Waals surface area (Å²) in [6, 6.07) is 13.2. The molecular weight excluding hydrogens is 252 g/mol. The summed E-state index contributed by atoms with van der Waals surface area (Å²) in [6.07, 6.45) is 0. The van der Waals surface area contributed by atoms with Gasteiger partial charge in [0.1, 0.15) is 5.75 Å². The number of nitrogens with one attached hydrogen (secondary N) is 1. The Bertz CT molecular complexity index is 624. The Labute approximate surface area is 118 Å². The molecule has 2 rings (SSSR count). The van der Waals surface area contributed by atoms with Crippen molar-refractivity contribution in [1.82, 2.24) is 0 Å². The lowest BCUT2D eigenvalue weighted by Crippen LogP contribution is -2.15. The lowest BCUT2D eigenvalue weighted by molar-refractivity contribution is 0.0999. The zero-order valence-corrected chi connectivity index (χ0v) is 11.6. The van der Waals surface area contributed by atoms with Crippen molar-refractivity contribution < 1.29 is 9.53 Å². The molecule has 1 amide bonds. The van der Waals surface area contributed by atoms with Crippen molar-refractivity contribution >= 4 is 11.6 Å². The van der Waals surface area contributed by atoms with Gasteiger partial charge in [0, 0.05) is 12.1 Å². The van der Waals surface area contributed by atoms with E-state index in [0.29, 0.717) is 12.1 Å². The quantitative estimate of drug-likeness (QED) is 0.878. The van der Waals surface area contributed by atoms with Crippen LogP contribution in [0, 0.1) is 6.92 Å². The van der Waals surface area contributed by atoms with E-state index in [-0.39, 0.29) is 0 Å². The molecule has 0 spiro atoms. The van der Waals surface area contributed by atoms with E-state index in [1.165, 1.54) is 0 Å². The second kappa shape index (κ2) is 6.10. The Kier molecular flexibility index (Phi) is 4.25. The zero-order chi connectivity index (χ0) is 14.5. The molecule has 0 aromatic heterocycles. The number of hydrogen-bond donors (Lipinski definition) is 2. The van der Waals surface area contributed by atoms with Gasteiger partial charge < -0.3 is 15.8 Å². The molecular formula is C16H18N2O2. The second-order valence-electron chi connectivity index (χ2n) is 4.58. The maximum Gasteiger partial charge on any atom is 0.249 e. The minimum absolute atomic E-state index is 0.418. The Hall–Kier alpha value is -2.49. The summed E-state index contributed by atoms with van der Waals surface area (Å²) < 4.78 is 5.31. The standard InChI is InChI=1S/C16H18N2O2/c1-11-7-8-15(20-2)14(9-11)18-10-12-5-3-4-6-13(12)16(17)19/h3-9,18H,10H2,1-2H3,(H2,17,19). The van der Waals surface area contributed by atoms with Crippen LogP contribution in [0.4, 0.5) is 5.69 Å². The predicted octanol–water partition coefficient (Wildman–Crippen LogP) is 2.71. The number of ether oxygens (including phenoxy) is 1. The van der Waals surface area contributed by atoms with E-state index in [2.05, 4.69) is 5.32 Å². The zero-order valence-electron chi connectivity index (χ0n) is 11.6. The highest BCUT2D eigenvalue weighted by Gasteiger charge is 2.08. The number of hydrogen-bond acceptors (Lipinski definition) is 3. The van der Waals surface area contributed by atoms with Gasteiger partial charge in [0.2, 0.25) is 5.91 Å².